The highest BCUT2D eigenvalue weighted by atomic mass is 35.5. The van der Waals surface area contributed by atoms with E-state index in [9.17, 15) is 14.4 Å². The quantitative estimate of drug-likeness (QED) is 0.165. The molecule has 9 aromatic rings. The van der Waals surface area contributed by atoms with Crippen LogP contribution in [0.25, 0.3) is 65.2 Å². The van der Waals surface area contributed by atoms with Crippen molar-refractivity contribution in [1.29, 1.82) is 0 Å². The summed E-state index contributed by atoms with van der Waals surface area (Å²) in [5.74, 6) is 1.43. The van der Waals surface area contributed by atoms with E-state index < -0.39 is 0 Å². The van der Waals surface area contributed by atoms with E-state index in [0.29, 0.717) is 70.4 Å². The van der Waals surface area contributed by atoms with Gasteiger partial charge in [-0.1, -0.05) is 41.4 Å². The average molecular weight is 757 g/mol. The van der Waals surface area contributed by atoms with Gasteiger partial charge in [0.25, 0.3) is 16.7 Å². The van der Waals surface area contributed by atoms with Gasteiger partial charge in [-0.3, -0.25) is 29.3 Å². The maximum absolute atomic E-state index is 11.9. The topological polar surface area (TPSA) is 176 Å². The number of thiophene rings is 3. The molecule has 9 aromatic heterocycles. The number of nitrogens with one attached hydrogen (secondary N) is 3. The molecular weight excluding hydrogens is 738 g/mol. The van der Waals surface area contributed by atoms with E-state index in [-0.39, 0.29) is 16.7 Å². The highest BCUT2D eigenvalue weighted by Crippen LogP contribution is 2.27. The van der Waals surface area contributed by atoms with Crippen LogP contribution in [0.5, 0.6) is 0 Å². The summed E-state index contributed by atoms with van der Waals surface area (Å²) in [5.41, 5.74) is 1.36. The number of aromatic nitrogens is 9. The molecule has 0 bridgehead atoms. The van der Waals surface area contributed by atoms with E-state index >= 15 is 0 Å². The zero-order valence-corrected chi connectivity index (χ0v) is 29.1. The van der Waals surface area contributed by atoms with Gasteiger partial charge in [0.1, 0.15) is 31.6 Å². The first-order valence-electron chi connectivity index (χ1n) is 14.4. The SMILES string of the molecule is O=c1[nH]c(-c2ccccn2)nc2scc(Cl)c12.O=c1[nH]c(-c2ccccn2)nc2scc(Cl)c12.O=c1[nH]c(-c2ccccn2)nc2sccc12. The van der Waals surface area contributed by atoms with Crippen LogP contribution in [0, 0.1) is 0 Å². The van der Waals surface area contributed by atoms with Crippen LogP contribution < -0.4 is 16.7 Å². The number of hydrogen-bond acceptors (Lipinski definition) is 12. The molecule has 0 saturated carbocycles. The molecule has 0 radical (unpaired) electrons. The number of rotatable bonds is 3. The predicted octanol–water partition coefficient (Wildman–Crippen LogP) is 7.45. The Labute approximate surface area is 302 Å². The molecule has 0 aromatic carbocycles. The second-order valence-corrected chi connectivity index (χ2v) is 13.5. The maximum Gasteiger partial charge on any atom is 0.261 e. The molecule has 9 rings (SSSR count). The van der Waals surface area contributed by atoms with E-state index in [0.717, 1.165) is 4.83 Å². The van der Waals surface area contributed by atoms with E-state index in [2.05, 4.69) is 44.9 Å². The Kier molecular flexibility index (Phi) is 9.64. The fourth-order valence-electron chi connectivity index (χ4n) is 4.57. The Morgan fingerprint density at radius 2 is 0.920 bits per heavy atom. The van der Waals surface area contributed by atoms with Gasteiger partial charge in [-0.05, 0) is 47.8 Å². The molecule has 9 heterocycles. The summed E-state index contributed by atoms with van der Waals surface area (Å²) in [4.78, 5) is 71.0. The van der Waals surface area contributed by atoms with Crippen LogP contribution in [0.4, 0.5) is 0 Å². The first-order chi connectivity index (χ1) is 24.4. The number of hydrogen-bond donors (Lipinski definition) is 3. The fraction of sp³-hybridized carbons (Fsp3) is 0. The van der Waals surface area contributed by atoms with Gasteiger partial charge in [0, 0.05) is 29.4 Å². The molecule has 12 nitrogen and oxygen atoms in total. The third kappa shape index (κ3) is 6.99. The van der Waals surface area contributed by atoms with Crippen molar-refractivity contribution in [1.82, 2.24) is 44.9 Å². The van der Waals surface area contributed by atoms with Gasteiger partial charge in [-0.15, -0.1) is 34.0 Å². The van der Waals surface area contributed by atoms with E-state index in [1.54, 1.807) is 47.5 Å². The molecule has 0 aliphatic heterocycles. The minimum atomic E-state index is -0.234. The van der Waals surface area contributed by atoms with Crippen molar-refractivity contribution in [2.45, 2.75) is 0 Å². The second-order valence-electron chi connectivity index (χ2n) is 10.1. The third-order valence-electron chi connectivity index (χ3n) is 6.86. The molecular formula is C33H19Cl2N9O3S3. The Morgan fingerprint density at radius 3 is 1.34 bits per heavy atom. The highest BCUT2D eigenvalue weighted by Gasteiger charge is 2.12. The summed E-state index contributed by atoms with van der Waals surface area (Å²) in [6.07, 6.45) is 4.98. The smallest absolute Gasteiger partial charge is 0.261 e. The van der Waals surface area contributed by atoms with Crippen LogP contribution in [-0.2, 0) is 0 Å². The van der Waals surface area contributed by atoms with Gasteiger partial charge in [0.15, 0.2) is 17.5 Å². The maximum atomic E-state index is 11.9. The van der Waals surface area contributed by atoms with Crippen LogP contribution in [0.3, 0.4) is 0 Å². The van der Waals surface area contributed by atoms with Crippen molar-refractivity contribution in [3.63, 3.8) is 0 Å². The van der Waals surface area contributed by atoms with E-state index in [4.69, 9.17) is 23.2 Å². The summed E-state index contributed by atoms with van der Waals surface area (Å²) < 4.78 is 0. The third-order valence-corrected chi connectivity index (χ3v) is 10.3. The minimum absolute atomic E-state index is 0.119. The first-order valence-corrected chi connectivity index (χ1v) is 17.8. The number of halogens is 2. The molecule has 0 aliphatic rings. The summed E-state index contributed by atoms with van der Waals surface area (Å²) in [7, 11) is 0. The van der Waals surface area contributed by atoms with Crippen molar-refractivity contribution in [3.8, 4) is 34.6 Å². The zero-order chi connectivity index (χ0) is 34.6. The zero-order valence-electron chi connectivity index (χ0n) is 25.1. The summed E-state index contributed by atoms with van der Waals surface area (Å²) in [6, 6.07) is 18.2. The lowest BCUT2D eigenvalue weighted by Gasteiger charge is -1.99. The molecule has 0 amide bonds. The van der Waals surface area contributed by atoms with Crippen molar-refractivity contribution in [2.75, 3.05) is 0 Å². The van der Waals surface area contributed by atoms with Gasteiger partial charge in [-0.2, -0.15) is 0 Å². The second kappa shape index (κ2) is 14.6. The lowest BCUT2D eigenvalue weighted by atomic mass is 10.3. The molecule has 0 aliphatic carbocycles. The molecule has 0 atom stereocenters. The Bertz CT molecular complexity index is 2640. The standard InChI is InChI=1S/2C11H6ClN3OS.C11H7N3OS/c2*12-6-5-17-11-8(6)10(16)14-9(15-11)7-3-1-2-4-13-7;15-10-7-4-6-16-11(7)14-9(13-10)8-3-1-2-5-12-8/h2*1-5H,(H,14,15,16);1-6H,(H,13,14,15). The lowest BCUT2D eigenvalue weighted by Crippen LogP contribution is -2.08. The van der Waals surface area contributed by atoms with Crippen LogP contribution in [0.1, 0.15) is 0 Å². The number of aromatic amines is 3. The first kappa shape index (κ1) is 33.1. The van der Waals surface area contributed by atoms with Crippen molar-refractivity contribution in [2.24, 2.45) is 0 Å². The highest BCUT2D eigenvalue weighted by molar-refractivity contribution is 7.17. The van der Waals surface area contributed by atoms with Crippen molar-refractivity contribution in [3.05, 3.63) is 137 Å². The fourth-order valence-corrected chi connectivity index (χ4v) is 7.66. The summed E-state index contributed by atoms with van der Waals surface area (Å²) >= 11 is 16.0. The largest absolute Gasteiger partial charge is 0.305 e. The number of fused-ring (bicyclic) bond motifs is 3. The Hall–Kier alpha value is -5.45. The summed E-state index contributed by atoms with van der Waals surface area (Å²) in [6.45, 7) is 0. The average Bonchev–Trinajstić information content (AvgIpc) is 3.89. The molecule has 0 saturated heterocycles. The minimum Gasteiger partial charge on any atom is -0.305 e. The molecule has 0 fully saturated rings. The van der Waals surface area contributed by atoms with E-state index in [1.165, 1.54) is 34.0 Å². The summed E-state index contributed by atoms with van der Waals surface area (Å²) in [5, 5.41) is 7.65. The van der Waals surface area contributed by atoms with Gasteiger partial charge in [0.05, 0.1) is 26.2 Å². The van der Waals surface area contributed by atoms with Crippen molar-refractivity contribution < 1.29 is 0 Å². The molecule has 3 N–H and O–H groups in total. The van der Waals surface area contributed by atoms with Gasteiger partial charge < -0.3 is 15.0 Å². The Balaban J connectivity index is 0.000000118. The number of nitrogens with zero attached hydrogens (tertiary/aromatic N) is 6. The van der Waals surface area contributed by atoms with Crippen LogP contribution in [-0.4, -0.2) is 44.9 Å². The van der Waals surface area contributed by atoms with Gasteiger partial charge in [-0.25, -0.2) is 15.0 Å². The molecule has 17 heteroatoms. The molecule has 0 spiro atoms. The van der Waals surface area contributed by atoms with Crippen LogP contribution in [0.15, 0.2) is 110 Å². The molecule has 246 valence electrons. The normalized spacial score (nSPS) is 10.8. The molecule has 0 unspecified atom stereocenters. The number of pyridine rings is 3. The predicted molar refractivity (Wildman–Crippen MR) is 200 cm³/mol. The van der Waals surface area contributed by atoms with E-state index in [1.807, 2.05) is 47.8 Å². The van der Waals surface area contributed by atoms with Crippen molar-refractivity contribution >= 4 is 87.9 Å². The van der Waals surface area contributed by atoms with Gasteiger partial charge in [0.2, 0.25) is 0 Å². The number of H-pyrrole nitrogens is 3. The lowest BCUT2D eigenvalue weighted by molar-refractivity contribution is 1.15. The van der Waals surface area contributed by atoms with Crippen LogP contribution in [0.2, 0.25) is 10.0 Å². The monoisotopic (exact) mass is 755 g/mol. The van der Waals surface area contributed by atoms with Gasteiger partial charge >= 0.3 is 0 Å². The Morgan fingerprint density at radius 1 is 0.500 bits per heavy atom. The molecule has 50 heavy (non-hydrogen) atoms. The van der Waals surface area contributed by atoms with Crippen LogP contribution >= 0.6 is 57.2 Å².